The molecule has 0 saturated heterocycles. The predicted molar refractivity (Wildman–Crippen MR) is 116 cm³/mol. The van der Waals surface area contributed by atoms with Crippen LogP contribution in [0.2, 0.25) is 0 Å². The van der Waals surface area contributed by atoms with E-state index in [1.807, 2.05) is 0 Å². The summed E-state index contributed by atoms with van der Waals surface area (Å²) in [4.78, 5) is 0.643. The maximum absolute atomic E-state index is 5.96. The zero-order valence-electron chi connectivity index (χ0n) is 16.5. The van der Waals surface area contributed by atoms with Crippen LogP contribution in [-0.4, -0.2) is 18.0 Å². The van der Waals surface area contributed by atoms with E-state index in [2.05, 4.69) is 67.0 Å². The van der Waals surface area contributed by atoms with E-state index in [4.69, 9.17) is 9.47 Å². The first-order valence-corrected chi connectivity index (χ1v) is 11.0. The first-order chi connectivity index (χ1) is 12.7. The summed E-state index contributed by atoms with van der Waals surface area (Å²) in [5, 5.41) is 2.46. The second kappa shape index (κ2) is 11.5. The molecule has 0 aliphatic carbocycles. The lowest BCUT2D eigenvalue weighted by molar-refractivity contribution is 0.304. The molecule has 0 aliphatic heterocycles. The summed E-state index contributed by atoms with van der Waals surface area (Å²) in [5.41, 5.74) is 1.22. The summed E-state index contributed by atoms with van der Waals surface area (Å²) >= 11 is 3.69. The van der Waals surface area contributed by atoms with E-state index in [1.54, 1.807) is 0 Å². The van der Waals surface area contributed by atoms with Crippen LogP contribution >= 0.6 is 15.9 Å². The highest BCUT2D eigenvalue weighted by molar-refractivity contribution is 9.09. The van der Waals surface area contributed by atoms with Crippen LogP contribution in [0.4, 0.5) is 0 Å². The molecule has 0 fully saturated rings. The van der Waals surface area contributed by atoms with Gasteiger partial charge < -0.3 is 9.47 Å². The van der Waals surface area contributed by atoms with Crippen LogP contribution in [0.3, 0.4) is 0 Å². The lowest BCUT2D eigenvalue weighted by atomic mass is 10.0. The molecule has 144 valence electrons. The molecule has 0 heterocycles. The Hall–Kier alpha value is -1.22. The van der Waals surface area contributed by atoms with Crippen LogP contribution in [-0.2, 0) is 0 Å². The molecule has 0 N–H and O–H groups in total. The van der Waals surface area contributed by atoms with Crippen molar-refractivity contribution in [2.75, 3.05) is 13.2 Å². The lowest BCUT2D eigenvalue weighted by Crippen LogP contribution is -2.01. The van der Waals surface area contributed by atoms with E-state index in [-0.39, 0.29) is 0 Å². The Kier molecular flexibility index (Phi) is 9.31. The molecule has 0 bridgehead atoms. The fourth-order valence-electron chi connectivity index (χ4n) is 3.09. The first kappa shape index (κ1) is 21.1. The normalized spacial score (nSPS) is 12.3. The molecule has 26 heavy (non-hydrogen) atoms. The number of hydrogen-bond donors (Lipinski definition) is 0. The Balaban J connectivity index is 1.90. The van der Waals surface area contributed by atoms with E-state index in [0.29, 0.717) is 4.83 Å². The van der Waals surface area contributed by atoms with Crippen molar-refractivity contribution in [1.82, 2.24) is 0 Å². The summed E-state index contributed by atoms with van der Waals surface area (Å²) in [6, 6.07) is 10.6. The minimum absolute atomic E-state index is 0.643. The monoisotopic (exact) mass is 420 g/mol. The van der Waals surface area contributed by atoms with Gasteiger partial charge in [0.25, 0.3) is 0 Å². The molecule has 2 nitrogen and oxygen atoms in total. The number of benzene rings is 2. The molecule has 0 saturated carbocycles. The third-order valence-electron chi connectivity index (χ3n) is 4.84. The molecule has 2 aromatic rings. The Morgan fingerprint density at radius 1 is 0.923 bits per heavy atom. The van der Waals surface area contributed by atoms with Gasteiger partial charge in [0.15, 0.2) is 0 Å². The van der Waals surface area contributed by atoms with Gasteiger partial charge in [-0.05, 0) is 73.6 Å². The fraction of sp³-hybridized carbons (Fsp3) is 0.565. The summed E-state index contributed by atoms with van der Waals surface area (Å²) in [6.07, 6.45) is 8.28. The molecule has 1 unspecified atom stereocenters. The van der Waals surface area contributed by atoms with Crippen molar-refractivity contribution >= 4 is 26.7 Å². The van der Waals surface area contributed by atoms with Gasteiger partial charge in [-0.3, -0.25) is 0 Å². The maximum atomic E-state index is 5.96. The quantitative estimate of drug-likeness (QED) is 0.262. The van der Waals surface area contributed by atoms with E-state index in [9.17, 15) is 0 Å². The molecule has 2 aromatic carbocycles. The summed E-state index contributed by atoms with van der Waals surface area (Å²) in [6.45, 7) is 8.16. The van der Waals surface area contributed by atoms with Crippen LogP contribution in [0.15, 0.2) is 30.3 Å². The van der Waals surface area contributed by atoms with E-state index >= 15 is 0 Å². The summed E-state index contributed by atoms with van der Waals surface area (Å²) < 4.78 is 11.9. The van der Waals surface area contributed by atoms with E-state index in [0.717, 1.165) is 37.6 Å². The van der Waals surface area contributed by atoms with Gasteiger partial charge in [0, 0.05) is 4.83 Å². The minimum atomic E-state index is 0.643. The molecule has 0 spiro atoms. The van der Waals surface area contributed by atoms with Gasteiger partial charge in [0.2, 0.25) is 0 Å². The predicted octanol–water partition coefficient (Wildman–Crippen LogP) is 7.44. The summed E-state index contributed by atoms with van der Waals surface area (Å²) in [5.74, 6) is 1.96. The largest absolute Gasteiger partial charge is 0.494 e. The second-order valence-corrected chi connectivity index (χ2v) is 8.27. The van der Waals surface area contributed by atoms with Crippen molar-refractivity contribution in [1.29, 1.82) is 0 Å². The number of ether oxygens (including phenoxy) is 2. The SMILES string of the molecule is CCCCCOc1ccc2cc(OCCCCC(Br)CC)ccc2c1C. The number of rotatable bonds is 12. The van der Waals surface area contributed by atoms with Crippen LogP contribution in [0, 0.1) is 6.92 Å². The molecule has 0 aliphatic rings. The number of unbranched alkanes of at least 4 members (excludes halogenated alkanes) is 3. The van der Waals surface area contributed by atoms with Gasteiger partial charge in [-0.15, -0.1) is 0 Å². The molecular weight excluding hydrogens is 388 g/mol. The third-order valence-corrected chi connectivity index (χ3v) is 5.95. The van der Waals surface area contributed by atoms with Crippen LogP contribution in [0.25, 0.3) is 10.8 Å². The standard InChI is InChI=1S/C23H33BrO2/c1-4-6-8-16-26-23-14-11-19-17-21(12-13-22(19)18(23)3)25-15-9-7-10-20(24)5-2/h11-14,17,20H,4-10,15-16H2,1-3H3. The van der Waals surface area contributed by atoms with Crippen LogP contribution in [0.1, 0.15) is 64.4 Å². The minimum Gasteiger partial charge on any atom is -0.494 e. The lowest BCUT2D eigenvalue weighted by Gasteiger charge is -2.13. The van der Waals surface area contributed by atoms with Crippen molar-refractivity contribution in [3.63, 3.8) is 0 Å². The highest BCUT2D eigenvalue weighted by atomic mass is 79.9. The summed E-state index contributed by atoms with van der Waals surface area (Å²) in [7, 11) is 0. The van der Waals surface area contributed by atoms with Crippen molar-refractivity contribution < 1.29 is 9.47 Å². The average molecular weight is 421 g/mol. The number of hydrogen-bond acceptors (Lipinski definition) is 2. The molecular formula is C23H33BrO2. The fourth-order valence-corrected chi connectivity index (χ4v) is 3.41. The highest BCUT2D eigenvalue weighted by Crippen LogP contribution is 2.30. The van der Waals surface area contributed by atoms with E-state index in [1.165, 1.54) is 48.4 Å². The van der Waals surface area contributed by atoms with Crippen molar-refractivity contribution in [3.05, 3.63) is 35.9 Å². The Bertz CT molecular complexity index is 669. The number of alkyl halides is 1. The number of fused-ring (bicyclic) bond motifs is 1. The van der Waals surface area contributed by atoms with Crippen molar-refractivity contribution in [3.8, 4) is 11.5 Å². The zero-order valence-corrected chi connectivity index (χ0v) is 18.1. The third kappa shape index (κ3) is 6.50. The average Bonchev–Trinajstić information content (AvgIpc) is 2.66. The second-order valence-electron chi connectivity index (χ2n) is 6.98. The molecule has 0 amide bonds. The van der Waals surface area contributed by atoms with Gasteiger partial charge in [-0.25, -0.2) is 0 Å². The highest BCUT2D eigenvalue weighted by Gasteiger charge is 2.06. The van der Waals surface area contributed by atoms with Crippen molar-refractivity contribution in [2.45, 2.75) is 70.5 Å². The Morgan fingerprint density at radius 2 is 1.69 bits per heavy atom. The Labute approximate surface area is 167 Å². The van der Waals surface area contributed by atoms with Gasteiger partial charge in [-0.1, -0.05) is 54.8 Å². The first-order valence-electron chi connectivity index (χ1n) is 10.1. The number of aryl methyl sites for hydroxylation is 1. The zero-order chi connectivity index (χ0) is 18.8. The molecule has 0 radical (unpaired) electrons. The van der Waals surface area contributed by atoms with E-state index < -0.39 is 0 Å². The molecule has 1 atom stereocenters. The topological polar surface area (TPSA) is 18.5 Å². The van der Waals surface area contributed by atoms with Crippen molar-refractivity contribution in [2.24, 2.45) is 0 Å². The molecule has 3 heteroatoms. The smallest absolute Gasteiger partial charge is 0.122 e. The molecule has 2 rings (SSSR count). The van der Waals surface area contributed by atoms with Gasteiger partial charge in [0.05, 0.1) is 13.2 Å². The molecule has 0 aromatic heterocycles. The maximum Gasteiger partial charge on any atom is 0.122 e. The van der Waals surface area contributed by atoms with Gasteiger partial charge in [0.1, 0.15) is 11.5 Å². The van der Waals surface area contributed by atoms with Crippen LogP contribution in [0.5, 0.6) is 11.5 Å². The van der Waals surface area contributed by atoms with Gasteiger partial charge in [-0.2, -0.15) is 0 Å². The Morgan fingerprint density at radius 3 is 2.46 bits per heavy atom. The van der Waals surface area contributed by atoms with Gasteiger partial charge >= 0.3 is 0 Å². The van der Waals surface area contributed by atoms with Crippen LogP contribution < -0.4 is 9.47 Å². The number of halogens is 1.